The Labute approximate surface area is 120 Å². The van der Waals surface area contributed by atoms with Gasteiger partial charge in [-0.2, -0.15) is 0 Å². The smallest absolute Gasteiger partial charge is 0.0491 e. The van der Waals surface area contributed by atoms with Crippen LogP contribution in [0, 0.1) is 0 Å². The Balaban J connectivity index is 2.00. The lowest BCUT2D eigenvalue weighted by molar-refractivity contribution is 0.830. The zero-order valence-corrected chi connectivity index (χ0v) is 12.0. The maximum atomic E-state index is 5.71. The van der Waals surface area contributed by atoms with Crippen molar-refractivity contribution in [2.75, 3.05) is 0 Å². The van der Waals surface area contributed by atoms with Gasteiger partial charge in [-0.05, 0) is 50.6 Å². The number of hydrogen-bond acceptors (Lipinski definition) is 2. The molecule has 0 aliphatic rings. The van der Waals surface area contributed by atoms with E-state index in [-0.39, 0.29) is 0 Å². The fourth-order valence-electron chi connectivity index (χ4n) is 2.23. The number of halogens is 1. The zero-order valence-electron chi connectivity index (χ0n) is 10.4. The highest BCUT2D eigenvalue weighted by Gasteiger charge is 2.03. The molecule has 1 aromatic carbocycles. The number of rotatable bonds is 3. The molecule has 3 nitrogen and oxygen atoms in total. The maximum Gasteiger partial charge on any atom is 0.0491 e. The van der Waals surface area contributed by atoms with E-state index in [1.807, 2.05) is 6.20 Å². The van der Waals surface area contributed by atoms with Crippen molar-refractivity contribution in [3.63, 3.8) is 0 Å². The molecule has 0 saturated carbocycles. The lowest BCUT2D eigenvalue weighted by atomic mass is 10.1. The third-order valence-corrected chi connectivity index (χ3v) is 3.62. The Bertz CT molecular complexity index is 718. The van der Waals surface area contributed by atoms with Gasteiger partial charge >= 0.3 is 0 Å². The minimum Gasteiger partial charge on any atom is -0.343 e. The minimum absolute atomic E-state index is 0.569. The number of benzene rings is 1. The minimum atomic E-state index is 0.569. The number of nitrogens with zero attached hydrogens (tertiary/aromatic N) is 2. The summed E-state index contributed by atoms with van der Waals surface area (Å²) in [5, 5.41) is 1.24. The van der Waals surface area contributed by atoms with Crippen molar-refractivity contribution in [1.82, 2.24) is 9.55 Å². The van der Waals surface area contributed by atoms with Crippen LogP contribution in [0.15, 0.2) is 53.4 Å². The van der Waals surface area contributed by atoms with Gasteiger partial charge in [0.2, 0.25) is 0 Å². The highest BCUT2D eigenvalue weighted by molar-refractivity contribution is 9.10. The van der Waals surface area contributed by atoms with Crippen LogP contribution < -0.4 is 5.73 Å². The Hall–Kier alpha value is -1.65. The van der Waals surface area contributed by atoms with Crippen LogP contribution in [-0.2, 0) is 13.1 Å². The van der Waals surface area contributed by atoms with Crippen LogP contribution >= 0.6 is 15.9 Å². The van der Waals surface area contributed by atoms with Gasteiger partial charge in [0, 0.05) is 41.7 Å². The first-order chi connectivity index (χ1) is 9.26. The maximum absolute atomic E-state index is 5.71. The third-order valence-electron chi connectivity index (χ3n) is 3.19. The average molecular weight is 316 g/mol. The summed E-state index contributed by atoms with van der Waals surface area (Å²) in [6, 6.07) is 10.6. The van der Waals surface area contributed by atoms with Crippen molar-refractivity contribution < 1.29 is 0 Å². The third kappa shape index (κ3) is 2.55. The Kier molecular flexibility index (Phi) is 3.36. The van der Waals surface area contributed by atoms with Gasteiger partial charge in [-0.3, -0.25) is 4.98 Å². The highest BCUT2D eigenvalue weighted by Crippen LogP contribution is 2.19. The van der Waals surface area contributed by atoms with E-state index in [4.69, 9.17) is 5.73 Å². The summed E-state index contributed by atoms with van der Waals surface area (Å²) in [4.78, 5) is 4.20. The van der Waals surface area contributed by atoms with E-state index in [0.29, 0.717) is 6.54 Å². The molecule has 0 bridgehead atoms. The zero-order chi connectivity index (χ0) is 13.2. The summed E-state index contributed by atoms with van der Waals surface area (Å²) >= 11 is 3.45. The number of nitrogens with two attached hydrogens (primary N) is 1. The first-order valence-electron chi connectivity index (χ1n) is 6.13. The summed E-state index contributed by atoms with van der Waals surface area (Å²) in [5.74, 6) is 0. The Morgan fingerprint density at radius 2 is 2.00 bits per heavy atom. The average Bonchev–Trinajstić information content (AvgIpc) is 2.81. The molecule has 0 aliphatic carbocycles. The molecular formula is C15H14BrN3. The second-order valence-electron chi connectivity index (χ2n) is 4.55. The Morgan fingerprint density at radius 3 is 2.79 bits per heavy atom. The molecule has 0 aliphatic heterocycles. The van der Waals surface area contributed by atoms with Gasteiger partial charge in [-0.1, -0.05) is 12.1 Å². The van der Waals surface area contributed by atoms with Crippen molar-refractivity contribution >= 4 is 26.8 Å². The molecule has 0 radical (unpaired) electrons. The monoisotopic (exact) mass is 315 g/mol. The molecule has 2 aromatic heterocycles. The first-order valence-corrected chi connectivity index (χ1v) is 6.93. The van der Waals surface area contributed by atoms with Gasteiger partial charge in [-0.25, -0.2) is 0 Å². The van der Waals surface area contributed by atoms with E-state index < -0.39 is 0 Å². The molecule has 0 saturated heterocycles. The normalized spacial score (nSPS) is 11.1. The van der Waals surface area contributed by atoms with Crippen LogP contribution in [0.25, 0.3) is 10.9 Å². The van der Waals surface area contributed by atoms with Crippen molar-refractivity contribution in [2.45, 2.75) is 13.1 Å². The number of fused-ring (bicyclic) bond motifs is 1. The van der Waals surface area contributed by atoms with Gasteiger partial charge in [0.25, 0.3) is 0 Å². The van der Waals surface area contributed by atoms with Gasteiger partial charge < -0.3 is 10.3 Å². The van der Waals surface area contributed by atoms with Crippen molar-refractivity contribution in [1.29, 1.82) is 0 Å². The summed E-state index contributed by atoms with van der Waals surface area (Å²) < 4.78 is 3.22. The molecule has 0 spiro atoms. The molecule has 4 heteroatoms. The number of aromatic nitrogens is 2. The van der Waals surface area contributed by atoms with Crippen LogP contribution in [0.3, 0.4) is 0 Å². The molecule has 0 fully saturated rings. The molecule has 0 atom stereocenters. The molecular weight excluding hydrogens is 302 g/mol. The van der Waals surface area contributed by atoms with E-state index >= 15 is 0 Å². The highest BCUT2D eigenvalue weighted by atomic mass is 79.9. The van der Waals surface area contributed by atoms with E-state index in [1.165, 1.54) is 16.5 Å². The molecule has 3 rings (SSSR count). The van der Waals surface area contributed by atoms with E-state index in [0.717, 1.165) is 16.6 Å². The van der Waals surface area contributed by atoms with E-state index in [9.17, 15) is 0 Å². The fourth-order valence-corrected chi connectivity index (χ4v) is 2.65. The van der Waals surface area contributed by atoms with Gasteiger partial charge in [0.1, 0.15) is 0 Å². The lowest BCUT2D eigenvalue weighted by Crippen LogP contribution is -2.00. The first kappa shape index (κ1) is 12.4. The lowest BCUT2D eigenvalue weighted by Gasteiger charge is -2.07. The molecule has 0 unspecified atom stereocenters. The summed E-state index contributed by atoms with van der Waals surface area (Å²) in [5.41, 5.74) is 9.24. The predicted molar refractivity (Wildman–Crippen MR) is 80.9 cm³/mol. The van der Waals surface area contributed by atoms with Gasteiger partial charge in [-0.15, -0.1) is 0 Å². The SMILES string of the molecule is NCc1ccc2ccn(Cc3cncc(Br)c3)c2c1. The molecule has 0 amide bonds. The van der Waals surface area contributed by atoms with Crippen LogP contribution in [0.1, 0.15) is 11.1 Å². The molecule has 19 heavy (non-hydrogen) atoms. The molecule has 2 N–H and O–H groups in total. The molecule has 96 valence electrons. The standard InChI is InChI=1S/C15H14BrN3/c16-14-5-12(8-18-9-14)10-19-4-3-13-2-1-11(7-17)6-15(13)19/h1-6,8-9H,7,10,17H2. The quantitative estimate of drug-likeness (QED) is 0.806. The summed E-state index contributed by atoms with van der Waals surface area (Å²) in [6.45, 7) is 1.38. The van der Waals surface area contributed by atoms with Gasteiger partial charge in [0.05, 0.1) is 0 Å². The molecule has 2 heterocycles. The van der Waals surface area contributed by atoms with Crippen LogP contribution in [0.2, 0.25) is 0 Å². The van der Waals surface area contributed by atoms with E-state index in [1.54, 1.807) is 6.20 Å². The Morgan fingerprint density at radius 1 is 1.11 bits per heavy atom. The van der Waals surface area contributed by atoms with Crippen molar-refractivity contribution in [3.05, 3.63) is 64.5 Å². The van der Waals surface area contributed by atoms with Crippen LogP contribution in [0.5, 0.6) is 0 Å². The molecule has 3 aromatic rings. The van der Waals surface area contributed by atoms with Crippen molar-refractivity contribution in [3.8, 4) is 0 Å². The number of pyridine rings is 1. The van der Waals surface area contributed by atoms with Crippen LogP contribution in [-0.4, -0.2) is 9.55 Å². The topological polar surface area (TPSA) is 43.8 Å². The summed E-state index contributed by atoms with van der Waals surface area (Å²) in [7, 11) is 0. The van der Waals surface area contributed by atoms with Gasteiger partial charge in [0.15, 0.2) is 0 Å². The number of hydrogen-bond donors (Lipinski definition) is 1. The van der Waals surface area contributed by atoms with Crippen molar-refractivity contribution in [2.24, 2.45) is 5.73 Å². The predicted octanol–water partition coefficient (Wildman–Crippen LogP) is 3.31. The fraction of sp³-hybridized carbons (Fsp3) is 0.133. The van der Waals surface area contributed by atoms with Crippen LogP contribution in [0.4, 0.5) is 0 Å². The summed E-state index contributed by atoms with van der Waals surface area (Å²) in [6.07, 6.45) is 5.79. The van der Waals surface area contributed by atoms with E-state index in [2.05, 4.69) is 62.0 Å². The second-order valence-corrected chi connectivity index (χ2v) is 5.47. The second kappa shape index (κ2) is 5.15. The largest absolute Gasteiger partial charge is 0.343 e.